The molecule has 7 heteroatoms. The fourth-order valence-corrected chi connectivity index (χ4v) is 4.67. The first kappa shape index (κ1) is 24.8. The van der Waals surface area contributed by atoms with Crippen LogP contribution >= 0.6 is 12.4 Å². The van der Waals surface area contributed by atoms with E-state index >= 15 is 0 Å². The van der Waals surface area contributed by atoms with E-state index in [0.717, 1.165) is 48.2 Å². The number of rotatable bonds is 5. The van der Waals surface area contributed by atoms with Gasteiger partial charge >= 0.3 is 6.09 Å². The van der Waals surface area contributed by atoms with Crippen molar-refractivity contribution in [1.82, 2.24) is 10.2 Å². The second-order valence-electron chi connectivity index (χ2n) is 8.92. The maximum absolute atomic E-state index is 12.9. The van der Waals surface area contributed by atoms with Gasteiger partial charge in [0.2, 0.25) is 0 Å². The first-order chi connectivity index (χ1) is 16.7. The van der Waals surface area contributed by atoms with E-state index in [-0.39, 0.29) is 31.0 Å². The summed E-state index contributed by atoms with van der Waals surface area (Å²) in [6, 6.07) is 23.8. The normalized spacial score (nSPS) is 16.7. The van der Waals surface area contributed by atoms with Crippen molar-refractivity contribution >= 4 is 30.1 Å². The van der Waals surface area contributed by atoms with Crippen LogP contribution < -0.4 is 10.6 Å². The van der Waals surface area contributed by atoms with Crippen LogP contribution in [0.25, 0.3) is 0 Å². The number of ether oxygens (including phenoxy) is 1. The Morgan fingerprint density at radius 2 is 1.86 bits per heavy atom. The summed E-state index contributed by atoms with van der Waals surface area (Å²) in [4.78, 5) is 27.2. The maximum Gasteiger partial charge on any atom is 0.410 e. The topological polar surface area (TPSA) is 70.7 Å². The molecule has 2 amide bonds. The molecule has 3 aromatic carbocycles. The Kier molecular flexibility index (Phi) is 8.06. The van der Waals surface area contributed by atoms with Gasteiger partial charge < -0.3 is 20.3 Å². The molecule has 0 radical (unpaired) electrons. The Morgan fingerprint density at radius 1 is 1.00 bits per heavy atom. The van der Waals surface area contributed by atoms with E-state index in [1.165, 1.54) is 5.56 Å². The van der Waals surface area contributed by atoms with E-state index in [9.17, 15) is 9.59 Å². The molecule has 1 fully saturated rings. The highest BCUT2D eigenvalue weighted by Gasteiger charge is 2.23. The molecule has 0 saturated carbocycles. The Hall–Kier alpha value is -3.35. The van der Waals surface area contributed by atoms with Gasteiger partial charge in [-0.3, -0.25) is 4.79 Å². The average molecular weight is 492 g/mol. The lowest BCUT2D eigenvalue weighted by molar-refractivity contribution is 0.0918. The van der Waals surface area contributed by atoms with Crippen molar-refractivity contribution in [2.75, 3.05) is 18.4 Å². The van der Waals surface area contributed by atoms with Crippen molar-refractivity contribution in [3.63, 3.8) is 0 Å². The average Bonchev–Trinajstić information content (AvgIpc) is 3.43. The van der Waals surface area contributed by atoms with Gasteiger partial charge in [-0.1, -0.05) is 48.5 Å². The third kappa shape index (κ3) is 6.02. The second-order valence-corrected chi connectivity index (χ2v) is 8.92. The first-order valence-electron chi connectivity index (χ1n) is 11.9. The Morgan fingerprint density at radius 3 is 2.66 bits per heavy atom. The predicted molar refractivity (Wildman–Crippen MR) is 139 cm³/mol. The third-order valence-corrected chi connectivity index (χ3v) is 6.55. The van der Waals surface area contributed by atoms with Crippen molar-refractivity contribution in [3.05, 3.63) is 101 Å². The standard InChI is InChI=1S/C28H29N3O3.ClH/c32-27(23-9-4-8-22(16-23)26-10-5-14-29-26)30-25-12-11-21-13-15-31(18-24(21)17-25)28(33)34-19-20-6-2-1-3-7-20;/h1-4,6-9,11-12,16-17,26,29H,5,10,13-15,18-19H2,(H,30,32);1H. The number of hydrogen-bond acceptors (Lipinski definition) is 4. The molecule has 0 spiro atoms. The first-order valence-corrected chi connectivity index (χ1v) is 11.9. The van der Waals surface area contributed by atoms with Crippen molar-refractivity contribution < 1.29 is 14.3 Å². The molecule has 0 aliphatic carbocycles. The number of halogens is 1. The van der Waals surface area contributed by atoms with Gasteiger partial charge in [0.25, 0.3) is 5.91 Å². The number of hydrogen-bond donors (Lipinski definition) is 2. The van der Waals surface area contributed by atoms with Gasteiger partial charge in [0.1, 0.15) is 6.61 Å². The van der Waals surface area contributed by atoms with Crippen molar-refractivity contribution in [1.29, 1.82) is 0 Å². The van der Waals surface area contributed by atoms with Gasteiger partial charge in [0, 0.05) is 30.4 Å². The fourth-order valence-electron chi connectivity index (χ4n) is 4.67. The summed E-state index contributed by atoms with van der Waals surface area (Å²) in [7, 11) is 0. The molecule has 182 valence electrons. The quantitative estimate of drug-likeness (QED) is 0.495. The minimum absolute atomic E-state index is 0. The summed E-state index contributed by atoms with van der Waals surface area (Å²) in [5.41, 5.74) is 5.72. The van der Waals surface area contributed by atoms with E-state index in [1.54, 1.807) is 4.90 Å². The zero-order valence-corrected chi connectivity index (χ0v) is 20.4. The van der Waals surface area contributed by atoms with Crippen LogP contribution in [0.1, 0.15) is 51.5 Å². The van der Waals surface area contributed by atoms with E-state index in [1.807, 2.05) is 66.7 Å². The number of fused-ring (bicyclic) bond motifs is 1. The Labute approximate surface area is 212 Å². The van der Waals surface area contributed by atoms with Crippen LogP contribution in [0.3, 0.4) is 0 Å². The molecule has 3 aromatic rings. The molecule has 2 aliphatic heterocycles. The van der Waals surface area contributed by atoms with E-state index in [0.29, 0.717) is 24.7 Å². The number of amides is 2. The highest BCUT2D eigenvalue weighted by atomic mass is 35.5. The largest absolute Gasteiger partial charge is 0.445 e. The summed E-state index contributed by atoms with van der Waals surface area (Å²) in [5.74, 6) is -0.130. The van der Waals surface area contributed by atoms with Gasteiger partial charge in [-0.2, -0.15) is 0 Å². The van der Waals surface area contributed by atoms with Crippen LogP contribution in [-0.4, -0.2) is 30.0 Å². The minimum Gasteiger partial charge on any atom is -0.445 e. The molecule has 6 nitrogen and oxygen atoms in total. The number of nitrogens with zero attached hydrogens (tertiary/aromatic N) is 1. The second kappa shape index (κ2) is 11.4. The summed E-state index contributed by atoms with van der Waals surface area (Å²) >= 11 is 0. The van der Waals surface area contributed by atoms with Crippen LogP contribution in [0.15, 0.2) is 72.8 Å². The van der Waals surface area contributed by atoms with Gasteiger partial charge in [-0.15, -0.1) is 12.4 Å². The smallest absolute Gasteiger partial charge is 0.410 e. The van der Waals surface area contributed by atoms with Gasteiger partial charge in [0.05, 0.1) is 0 Å². The lowest BCUT2D eigenvalue weighted by Gasteiger charge is -2.28. The van der Waals surface area contributed by atoms with Crippen LogP contribution in [-0.2, 0) is 24.3 Å². The third-order valence-electron chi connectivity index (χ3n) is 6.55. The van der Waals surface area contributed by atoms with E-state index < -0.39 is 0 Å². The lowest BCUT2D eigenvalue weighted by Crippen LogP contribution is -2.36. The van der Waals surface area contributed by atoms with Crippen LogP contribution in [0.4, 0.5) is 10.5 Å². The monoisotopic (exact) mass is 491 g/mol. The lowest BCUT2D eigenvalue weighted by atomic mass is 9.99. The highest BCUT2D eigenvalue weighted by molar-refractivity contribution is 6.04. The molecule has 35 heavy (non-hydrogen) atoms. The number of carbonyl (C=O) groups excluding carboxylic acids is 2. The number of carbonyl (C=O) groups is 2. The molecule has 2 N–H and O–H groups in total. The van der Waals surface area contributed by atoms with Crippen LogP contribution in [0.2, 0.25) is 0 Å². The fraction of sp³-hybridized carbons (Fsp3) is 0.286. The predicted octanol–water partition coefficient (Wildman–Crippen LogP) is 5.48. The van der Waals surface area contributed by atoms with Crippen LogP contribution in [0.5, 0.6) is 0 Å². The number of nitrogens with one attached hydrogen (secondary N) is 2. The van der Waals surface area contributed by atoms with Gasteiger partial charge in [-0.25, -0.2) is 4.79 Å². The number of benzene rings is 3. The zero-order valence-electron chi connectivity index (χ0n) is 19.5. The Balaban J connectivity index is 0.00000289. The molecule has 2 aliphatic rings. The van der Waals surface area contributed by atoms with E-state index in [2.05, 4.69) is 16.7 Å². The summed E-state index contributed by atoms with van der Waals surface area (Å²) < 4.78 is 5.50. The molecule has 0 bridgehead atoms. The van der Waals surface area contributed by atoms with Crippen molar-refractivity contribution in [2.24, 2.45) is 0 Å². The van der Waals surface area contributed by atoms with E-state index in [4.69, 9.17) is 4.74 Å². The highest BCUT2D eigenvalue weighted by Crippen LogP contribution is 2.26. The molecule has 1 unspecified atom stereocenters. The summed E-state index contributed by atoms with van der Waals surface area (Å²) in [5, 5.41) is 6.50. The van der Waals surface area contributed by atoms with Crippen molar-refractivity contribution in [2.45, 2.75) is 38.5 Å². The van der Waals surface area contributed by atoms with Gasteiger partial charge in [-0.05, 0) is 72.3 Å². The van der Waals surface area contributed by atoms with Gasteiger partial charge in [0.15, 0.2) is 0 Å². The van der Waals surface area contributed by atoms with Crippen molar-refractivity contribution in [3.8, 4) is 0 Å². The molecule has 5 rings (SSSR count). The molecular weight excluding hydrogens is 462 g/mol. The molecule has 1 saturated heterocycles. The van der Waals surface area contributed by atoms with Crippen LogP contribution in [0, 0.1) is 0 Å². The number of anilines is 1. The zero-order chi connectivity index (χ0) is 23.3. The molecule has 1 atom stereocenters. The molecule has 0 aromatic heterocycles. The summed E-state index contributed by atoms with van der Waals surface area (Å²) in [6.45, 7) is 2.37. The minimum atomic E-state index is -0.318. The Bertz CT molecular complexity index is 1180. The summed E-state index contributed by atoms with van der Waals surface area (Å²) in [6.07, 6.45) is 2.70. The maximum atomic E-state index is 12.9. The SMILES string of the molecule is Cl.O=C(Nc1ccc2c(c1)CN(C(=O)OCc1ccccc1)CC2)c1cccc(C2CCCN2)c1. The molecule has 2 heterocycles. The molecular formula is C28H30ClN3O3.